The second kappa shape index (κ2) is 7.03. The molecule has 2 heterocycles. The van der Waals surface area contributed by atoms with Crippen molar-refractivity contribution in [2.75, 3.05) is 5.32 Å². The van der Waals surface area contributed by atoms with E-state index >= 15 is 0 Å². The maximum atomic E-state index is 13.6. The van der Waals surface area contributed by atoms with Crippen molar-refractivity contribution in [3.63, 3.8) is 0 Å². The molecule has 0 unspecified atom stereocenters. The summed E-state index contributed by atoms with van der Waals surface area (Å²) >= 11 is 0. The number of amides is 1. The molecule has 0 aliphatic heterocycles. The number of carbonyl (C=O) groups excluding carboxylic acids is 1. The number of hydrogen-bond acceptors (Lipinski definition) is 5. The molecule has 128 valence electrons. The van der Waals surface area contributed by atoms with Gasteiger partial charge in [0, 0.05) is 5.56 Å². The standard InChI is InChI=1S/C18H11F2N5O/c1-10-2-3-11(5-21)4-12(10)15-8-24-16(9-23-15)25-18(26)17-13(19)6-22-7-14(17)20/h2-4,6-9H,1H3,(H,24,25,26). The number of halogens is 2. The molecule has 3 rings (SSSR count). The van der Waals surface area contributed by atoms with E-state index in [4.69, 9.17) is 5.26 Å². The third kappa shape index (κ3) is 3.37. The van der Waals surface area contributed by atoms with Crippen molar-refractivity contribution in [1.82, 2.24) is 15.0 Å². The van der Waals surface area contributed by atoms with Crippen LogP contribution < -0.4 is 5.32 Å². The van der Waals surface area contributed by atoms with Crippen molar-refractivity contribution in [2.24, 2.45) is 0 Å². The third-order valence-corrected chi connectivity index (χ3v) is 3.62. The number of carbonyl (C=O) groups is 1. The molecule has 6 nitrogen and oxygen atoms in total. The highest BCUT2D eigenvalue weighted by Crippen LogP contribution is 2.23. The first-order valence-electron chi connectivity index (χ1n) is 7.43. The van der Waals surface area contributed by atoms with Gasteiger partial charge in [-0.15, -0.1) is 0 Å². The Labute approximate surface area is 147 Å². The molecule has 8 heteroatoms. The third-order valence-electron chi connectivity index (χ3n) is 3.62. The molecule has 0 aliphatic carbocycles. The van der Waals surface area contributed by atoms with Crippen LogP contribution >= 0.6 is 0 Å². The molecular weight excluding hydrogens is 340 g/mol. The van der Waals surface area contributed by atoms with Crippen LogP contribution in [0.15, 0.2) is 43.0 Å². The number of hydrogen-bond donors (Lipinski definition) is 1. The summed E-state index contributed by atoms with van der Waals surface area (Å²) in [6, 6.07) is 7.21. The normalized spacial score (nSPS) is 10.2. The van der Waals surface area contributed by atoms with Gasteiger partial charge in [-0.2, -0.15) is 5.26 Å². The summed E-state index contributed by atoms with van der Waals surface area (Å²) in [6.07, 6.45) is 4.16. The molecule has 0 atom stereocenters. The highest BCUT2D eigenvalue weighted by atomic mass is 19.1. The first-order valence-corrected chi connectivity index (χ1v) is 7.43. The lowest BCUT2D eigenvalue weighted by Gasteiger charge is -2.08. The SMILES string of the molecule is Cc1ccc(C#N)cc1-c1cnc(NC(=O)c2c(F)cncc2F)cn1. The minimum atomic E-state index is -1.07. The number of anilines is 1. The van der Waals surface area contributed by atoms with E-state index in [1.807, 2.05) is 13.0 Å². The van der Waals surface area contributed by atoms with Gasteiger partial charge in [-0.1, -0.05) is 6.07 Å². The van der Waals surface area contributed by atoms with Crippen molar-refractivity contribution < 1.29 is 13.6 Å². The van der Waals surface area contributed by atoms with E-state index in [1.54, 1.807) is 18.2 Å². The van der Waals surface area contributed by atoms with Gasteiger partial charge in [0.25, 0.3) is 5.91 Å². The van der Waals surface area contributed by atoms with Crippen LogP contribution in [0, 0.1) is 29.9 Å². The first kappa shape index (κ1) is 17.1. The molecule has 1 aromatic carbocycles. The molecule has 0 fully saturated rings. The second-order valence-corrected chi connectivity index (χ2v) is 5.36. The van der Waals surface area contributed by atoms with Crippen LogP contribution in [-0.2, 0) is 0 Å². The largest absolute Gasteiger partial charge is 0.305 e. The minimum absolute atomic E-state index is 0.0310. The summed E-state index contributed by atoms with van der Waals surface area (Å²) in [6.45, 7) is 1.86. The predicted octanol–water partition coefficient (Wildman–Crippen LogP) is 3.25. The lowest BCUT2D eigenvalue weighted by molar-refractivity contribution is 0.101. The number of benzene rings is 1. The molecule has 1 amide bonds. The zero-order valence-electron chi connectivity index (χ0n) is 13.5. The van der Waals surface area contributed by atoms with Crippen LogP contribution in [0.2, 0.25) is 0 Å². The second-order valence-electron chi connectivity index (χ2n) is 5.36. The summed E-state index contributed by atoms with van der Waals surface area (Å²) in [5.41, 5.74) is 1.85. The van der Waals surface area contributed by atoms with Gasteiger partial charge in [0.15, 0.2) is 17.5 Å². The summed E-state index contributed by atoms with van der Waals surface area (Å²) in [4.78, 5) is 23.6. The zero-order chi connectivity index (χ0) is 18.7. The van der Waals surface area contributed by atoms with Gasteiger partial charge >= 0.3 is 0 Å². The van der Waals surface area contributed by atoms with E-state index in [1.165, 1.54) is 12.4 Å². The number of nitrogens with one attached hydrogen (secondary N) is 1. The molecular formula is C18H11F2N5O. The molecule has 1 N–H and O–H groups in total. The lowest BCUT2D eigenvalue weighted by Crippen LogP contribution is -2.17. The number of aromatic nitrogens is 3. The number of nitrogens with zero attached hydrogens (tertiary/aromatic N) is 4. The summed E-state index contributed by atoms with van der Waals surface area (Å²) < 4.78 is 27.2. The first-order chi connectivity index (χ1) is 12.5. The van der Waals surface area contributed by atoms with E-state index in [0.717, 1.165) is 23.5 Å². The number of pyridine rings is 1. The summed E-state index contributed by atoms with van der Waals surface area (Å²) in [5, 5.41) is 11.3. The van der Waals surface area contributed by atoms with E-state index in [2.05, 4.69) is 20.3 Å². The van der Waals surface area contributed by atoms with Crippen LogP contribution in [0.5, 0.6) is 0 Å². The Morgan fingerprint density at radius 3 is 2.46 bits per heavy atom. The van der Waals surface area contributed by atoms with Crippen LogP contribution in [0.4, 0.5) is 14.6 Å². The van der Waals surface area contributed by atoms with E-state index < -0.39 is 23.1 Å². The number of rotatable bonds is 3. The van der Waals surface area contributed by atoms with Crippen molar-refractivity contribution in [3.8, 4) is 17.3 Å². The van der Waals surface area contributed by atoms with Crippen molar-refractivity contribution in [3.05, 3.63) is 71.3 Å². The van der Waals surface area contributed by atoms with Gasteiger partial charge < -0.3 is 5.32 Å². The summed E-state index contributed by atoms with van der Waals surface area (Å²) in [7, 11) is 0. The summed E-state index contributed by atoms with van der Waals surface area (Å²) in [5.74, 6) is -3.11. The highest BCUT2D eigenvalue weighted by molar-refractivity contribution is 6.04. The Balaban J connectivity index is 1.85. The smallest absolute Gasteiger partial charge is 0.262 e. The Kier molecular flexibility index (Phi) is 4.62. The fourth-order valence-corrected chi connectivity index (χ4v) is 2.31. The molecule has 0 radical (unpaired) electrons. The Morgan fingerprint density at radius 1 is 1.12 bits per heavy atom. The van der Waals surface area contributed by atoms with Gasteiger partial charge in [0.05, 0.1) is 42.1 Å². The van der Waals surface area contributed by atoms with Crippen molar-refractivity contribution >= 4 is 11.7 Å². The fourth-order valence-electron chi connectivity index (χ4n) is 2.31. The van der Waals surface area contributed by atoms with Gasteiger partial charge in [-0.05, 0) is 24.6 Å². The molecule has 0 spiro atoms. The van der Waals surface area contributed by atoms with Crippen LogP contribution in [-0.4, -0.2) is 20.9 Å². The van der Waals surface area contributed by atoms with Gasteiger partial charge in [0.1, 0.15) is 5.56 Å². The Morgan fingerprint density at radius 2 is 1.85 bits per heavy atom. The van der Waals surface area contributed by atoms with E-state index in [-0.39, 0.29) is 5.82 Å². The number of aryl methyl sites for hydroxylation is 1. The number of nitriles is 1. The predicted molar refractivity (Wildman–Crippen MR) is 89.0 cm³/mol. The average molecular weight is 351 g/mol. The molecule has 0 bridgehead atoms. The zero-order valence-corrected chi connectivity index (χ0v) is 13.5. The van der Waals surface area contributed by atoms with Crippen molar-refractivity contribution in [2.45, 2.75) is 6.92 Å². The van der Waals surface area contributed by atoms with Crippen LogP contribution in [0.25, 0.3) is 11.3 Å². The maximum Gasteiger partial charge on any atom is 0.262 e. The van der Waals surface area contributed by atoms with Crippen LogP contribution in [0.3, 0.4) is 0 Å². The van der Waals surface area contributed by atoms with Gasteiger partial charge in [-0.25, -0.2) is 13.8 Å². The monoisotopic (exact) mass is 351 g/mol. The molecule has 0 aliphatic rings. The van der Waals surface area contributed by atoms with Gasteiger partial charge in [0.2, 0.25) is 0 Å². The maximum absolute atomic E-state index is 13.6. The molecule has 0 saturated heterocycles. The molecule has 26 heavy (non-hydrogen) atoms. The Bertz CT molecular complexity index is 1010. The van der Waals surface area contributed by atoms with Crippen LogP contribution in [0.1, 0.15) is 21.5 Å². The highest BCUT2D eigenvalue weighted by Gasteiger charge is 2.18. The Hall–Kier alpha value is -3.73. The van der Waals surface area contributed by atoms with E-state index in [0.29, 0.717) is 11.3 Å². The lowest BCUT2D eigenvalue weighted by atomic mass is 10.0. The fraction of sp³-hybridized carbons (Fsp3) is 0.0556. The molecule has 3 aromatic rings. The topological polar surface area (TPSA) is 91.6 Å². The molecule has 2 aromatic heterocycles. The quantitative estimate of drug-likeness (QED) is 0.782. The molecule has 0 saturated carbocycles. The van der Waals surface area contributed by atoms with E-state index in [9.17, 15) is 13.6 Å². The average Bonchev–Trinajstić information content (AvgIpc) is 2.63. The minimum Gasteiger partial charge on any atom is -0.305 e. The van der Waals surface area contributed by atoms with Gasteiger partial charge in [-0.3, -0.25) is 14.8 Å². The van der Waals surface area contributed by atoms with Crippen molar-refractivity contribution in [1.29, 1.82) is 5.26 Å².